The van der Waals surface area contributed by atoms with Gasteiger partial charge in [0.2, 0.25) is 11.8 Å². The van der Waals surface area contributed by atoms with Crippen molar-refractivity contribution < 1.29 is 14.0 Å². The van der Waals surface area contributed by atoms with E-state index in [2.05, 4.69) is 30.4 Å². The third kappa shape index (κ3) is 2.09. The van der Waals surface area contributed by atoms with E-state index in [9.17, 15) is 14.0 Å². The Hall–Kier alpha value is -4.15. The fraction of sp³-hybridized carbons (Fsp3) is 0.200. The number of nitrogens with zero attached hydrogens (tertiary/aromatic N) is 6. The summed E-state index contributed by atoms with van der Waals surface area (Å²) in [6, 6.07) is 4.19. The summed E-state index contributed by atoms with van der Waals surface area (Å²) in [6.07, 6.45) is 2.69. The highest BCUT2D eigenvalue weighted by Gasteiger charge is 2.57. The fourth-order valence-corrected chi connectivity index (χ4v) is 4.79. The van der Waals surface area contributed by atoms with Crippen LogP contribution in [0.15, 0.2) is 30.9 Å². The van der Waals surface area contributed by atoms with Gasteiger partial charge in [0.05, 0.1) is 12.0 Å². The van der Waals surface area contributed by atoms with Crippen LogP contribution < -0.4 is 10.2 Å². The van der Waals surface area contributed by atoms with Crippen LogP contribution in [0, 0.1) is 12.7 Å². The maximum absolute atomic E-state index is 14.3. The Labute approximate surface area is 174 Å². The van der Waals surface area contributed by atoms with Crippen molar-refractivity contribution in [2.45, 2.75) is 18.8 Å². The molecule has 2 aliphatic rings. The van der Waals surface area contributed by atoms with E-state index >= 15 is 0 Å². The molecule has 0 saturated heterocycles. The summed E-state index contributed by atoms with van der Waals surface area (Å²) < 4.78 is 15.7. The molecule has 3 aromatic heterocycles. The quantitative estimate of drug-likeness (QED) is 0.484. The highest BCUT2D eigenvalue weighted by Crippen LogP contribution is 2.53. The zero-order valence-electron chi connectivity index (χ0n) is 16.5. The number of likely N-dealkylation sites (N-methyl/N-ethyl adjacent to an activating group) is 1. The third-order valence-electron chi connectivity index (χ3n) is 6.02. The van der Waals surface area contributed by atoms with Gasteiger partial charge in [0.15, 0.2) is 11.5 Å². The second-order valence-electron chi connectivity index (χ2n) is 7.68. The Balaban J connectivity index is 1.69. The average molecular weight is 418 g/mol. The lowest BCUT2D eigenvalue weighted by Crippen LogP contribution is -2.46. The van der Waals surface area contributed by atoms with Crippen molar-refractivity contribution >= 4 is 34.5 Å². The Morgan fingerprint density at radius 2 is 2.03 bits per heavy atom. The molecule has 2 aliphatic heterocycles. The van der Waals surface area contributed by atoms with Crippen molar-refractivity contribution in [3.63, 3.8) is 0 Å². The van der Waals surface area contributed by atoms with Gasteiger partial charge in [-0.25, -0.2) is 19.3 Å². The maximum Gasteiger partial charge on any atom is 0.242 e. The number of imidazole rings is 1. The van der Waals surface area contributed by atoms with Gasteiger partial charge < -0.3 is 15.2 Å². The molecule has 31 heavy (non-hydrogen) atoms. The number of H-pyrrole nitrogens is 1. The van der Waals surface area contributed by atoms with Crippen molar-refractivity contribution in [3.05, 3.63) is 53.5 Å². The van der Waals surface area contributed by atoms with Crippen LogP contribution in [-0.2, 0) is 15.0 Å². The first kappa shape index (κ1) is 17.7. The number of hydrogen-bond donors (Lipinski definition) is 2. The molecule has 4 aromatic rings. The number of fused-ring (bicyclic) bond motifs is 5. The summed E-state index contributed by atoms with van der Waals surface area (Å²) >= 11 is 0. The Morgan fingerprint density at radius 1 is 1.19 bits per heavy atom. The highest BCUT2D eigenvalue weighted by atomic mass is 19.1. The zero-order valence-corrected chi connectivity index (χ0v) is 16.5. The molecule has 10 nitrogen and oxygen atoms in total. The molecule has 11 heteroatoms. The van der Waals surface area contributed by atoms with E-state index in [0.29, 0.717) is 45.3 Å². The number of aromatic amines is 1. The van der Waals surface area contributed by atoms with Crippen LogP contribution in [0.3, 0.4) is 0 Å². The Kier molecular flexibility index (Phi) is 3.26. The molecule has 2 N–H and O–H groups in total. The molecule has 0 fully saturated rings. The summed E-state index contributed by atoms with van der Waals surface area (Å²) in [5.74, 6) is -0.456. The Bertz CT molecular complexity index is 1440. The number of rotatable bonds is 1. The molecule has 1 atom stereocenters. The van der Waals surface area contributed by atoms with Crippen LogP contribution in [0.2, 0.25) is 0 Å². The lowest BCUT2D eigenvalue weighted by atomic mass is 9.70. The standard InChI is InChI=1S/C20H15FN8O2/c1-9-14-17(29(27-9)18-15-16(23-7-22-15)24-8-25-18)26-13(30)6-20(14)11-5-10(21)3-4-12(11)28(2)19(20)31/h3-5,7-8H,6H2,1-2H3,(H,26,30)(H,22,23,24,25)/t20-/m1/s1. The minimum Gasteiger partial charge on any atom is -0.340 e. The first-order valence-corrected chi connectivity index (χ1v) is 9.54. The minimum absolute atomic E-state index is 0.143. The predicted octanol–water partition coefficient (Wildman–Crippen LogP) is 1.59. The van der Waals surface area contributed by atoms with Gasteiger partial charge in [0.25, 0.3) is 0 Å². The van der Waals surface area contributed by atoms with Crippen molar-refractivity contribution in [2.24, 2.45) is 0 Å². The van der Waals surface area contributed by atoms with Gasteiger partial charge in [0.1, 0.15) is 28.9 Å². The first-order chi connectivity index (χ1) is 14.9. The van der Waals surface area contributed by atoms with Crippen molar-refractivity contribution in [1.29, 1.82) is 0 Å². The molecule has 0 radical (unpaired) electrons. The summed E-state index contributed by atoms with van der Waals surface area (Å²) in [5, 5.41) is 7.44. The summed E-state index contributed by atoms with van der Waals surface area (Å²) in [5.41, 5.74) is 1.67. The Morgan fingerprint density at radius 3 is 2.87 bits per heavy atom. The van der Waals surface area contributed by atoms with Gasteiger partial charge in [-0.05, 0) is 30.7 Å². The first-order valence-electron chi connectivity index (χ1n) is 9.54. The second-order valence-corrected chi connectivity index (χ2v) is 7.68. The van der Waals surface area contributed by atoms with Gasteiger partial charge >= 0.3 is 0 Å². The molecular formula is C20H15FN8O2. The van der Waals surface area contributed by atoms with Gasteiger partial charge in [-0.2, -0.15) is 9.78 Å². The minimum atomic E-state index is -1.37. The van der Waals surface area contributed by atoms with Gasteiger partial charge in [-0.3, -0.25) is 9.59 Å². The number of hydrogen-bond acceptors (Lipinski definition) is 6. The van der Waals surface area contributed by atoms with Crippen molar-refractivity contribution in [2.75, 3.05) is 17.3 Å². The molecule has 0 aliphatic carbocycles. The number of carbonyl (C=O) groups is 2. The number of anilines is 2. The molecule has 1 spiro atoms. The second kappa shape index (κ2) is 5.72. The predicted molar refractivity (Wildman–Crippen MR) is 107 cm³/mol. The van der Waals surface area contributed by atoms with E-state index in [0.717, 1.165) is 0 Å². The third-order valence-corrected chi connectivity index (χ3v) is 6.02. The van der Waals surface area contributed by atoms with E-state index < -0.39 is 11.2 Å². The van der Waals surface area contributed by atoms with Gasteiger partial charge in [0, 0.05) is 24.7 Å². The maximum atomic E-state index is 14.3. The van der Waals surface area contributed by atoms with E-state index in [-0.39, 0.29) is 18.2 Å². The number of amides is 2. The molecule has 154 valence electrons. The van der Waals surface area contributed by atoms with Gasteiger partial charge in [-0.15, -0.1) is 0 Å². The lowest BCUT2D eigenvalue weighted by Gasteiger charge is -2.32. The zero-order chi connectivity index (χ0) is 21.5. The van der Waals surface area contributed by atoms with Crippen LogP contribution in [0.5, 0.6) is 0 Å². The number of nitrogens with one attached hydrogen (secondary N) is 2. The molecule has 2 amide bonds. The van der Waals surface area contributed by atoms with Crippen LogP contribution >= 0.6 is 0 Å². The highest BCUT2D eigenvalue weighted by molar-refractivity contribution is 6.15. The largest absolute Gasteiger partial charge is 0.340 e. The van der Waals surface area contributed by atoms with E-state index in [4.69, 9.17) is 0 Å². The van der Waals surface area contributed by atoms with Crippen molar-refractivity contribution in [1.82, 2.24) is 29.7 Å². The van der Waals surface area contributed by atoms with Crippen LogP contribution in [0.25, 0.3) is 17.0 Å². The van der Waals surface area contributed by atoms with Crippen molar-refractivity contribution in [3.8, 4) is 5.82 Å². The molecule has 0 unspecified atom stereocenters. The number of carbonyl (C=O) groups excluding carboxylic acids is 2. The summed E-state index contributed by atoms with van der Waals surface area (Å²) in [4.78, 5) is 43.4. The molecule has 0 saturated carbocycles. The normalized spacial score (nSPS) is 19.8. The number of benzene rings is 1. The SMILES string of the molecule is Cc1nn(-c2ncnc3nc[nH]c23)c2c1[C@]1(CC(=O)N2)C(=O)N(C)c2ccc(F)cc21. The fourth-order valence-electron chi connectivity index (χ4n) is 4.79. The molecule has 0 bridgehead atoms. The molecule has 6 rings (SSSR count). The van der Waals surface area contributed by atoms with E-state index in [1.165, 1.54) is 34.4 Å². The lowest BCUT2D eigenvalue weighted by molar-refractivity contribution is -0.126. The molecule has 5 heterocycles. The smallest absolute Gasteiger partial charge is 0.242 e. The summed E-state index contributed by atoms with van der Waals surface area (Å²) in [6.45, 7) is 1.75. The summed E-state index contributed by atoms with van der Waals surface area (Å²) in [7, 11) is 1.62. The van der Waals surface area contributed by atoms with Crippen LogP contribution in [-0.4, -0.2) is 48.6 Å². The van der Waals surface area contributed by atoms with Crippen LogP contribution in [0.4, 0.5) is 15.9 Å². The van der Waals surface area contributed by atoms with Crippen LogP contribution in [0.1, 0.15) is 23.2 Å². The molecular weight excluding hydrogens is 403 g/mol. The number of aryl methyl sites for hydroxylation is 1. The molecule has 1 aromatic carbocycles. The number of aromatic nitrogens is 6. The van der Waals surface area contributed by atoms with Gasteiger partial charge in [-0.1, -0.05) is 0 Å². The van der Waals surface area contributed by atoms with E-state index in [1.54, 1.807) is 20.0 Å². The monoisotopic (exact) mass is 418 g/mol. The number of halogens is 1. The van der Waals surface area contributed by atoms with E-state index in [1.807, 2.05) is 0 Å². The topological polar surface area (TPSA) is 122 Å². The average Bonchev–Trinajstić information content (AvgIpc) is 3.40.